The van der Waals surface area contributed by atoms with Crippen molar-refractivity contribution in [2.75, 3.05) is 12.8 Å². The molecular formula is C25H28Cl2N4O3S. The van der Waals surface area contributed by atoms with Gasteiger partial charge in [0.2, 0.25) is 0 Å². The zero-order valence-corrected chi connectivity index (χ0v) is 22.5. The molecule has 0 aliphatic heterocycles. The van der Waals surface area contributed by atoms with Crippen molar-refractivity contribution in [3.63, 3.8) is 0 Å². The number of aromatic nitrogens is 2. The summed E-state index contributed by atoms with van der Waals surface area (Å²) in [6.07, 6.45) is 1.15. The number of nitrogens with two attached hydrogens (primary N) is 1. The summed E-state index contributed by atoms with van der Waals surface area (Å²) in [5.74, 6) is 5.41. The van der Waals surface area contributed by atoms with E-state index in [4.69, 9.17) is 17.3 Å². The summed E-state index contributed by atoms with van der Waals surface area (Å²) in [7, 11) is -3.35. The van der Waals surface area contributed by atoms with Gasteiger partial charge >= 0.3 is 0 Å². The van der Waals surface area contributed by atoms with Crippen LogP contribution in [0.2, 0.25) is 5.02 Å². The van der Waals surface area contributed by atoms with Gasteiger partial charge in [0.15, 0.2) is 15.5 Å². The van der Waals surface area contributed by atoms with Crippen molar-refractivity contribution in [1.82, 2.24) is 15.1 Å². The smallest absolute Gasteiger partial charge is 0.272 e. The normalized spacial score (nSPS) is 11.3. The summed E-state index contributed by atoms with van der Waals surface area (Å²) < 4.78 is 25.4. The largest absolute Gasteiger partial charge is 0.346 e. The van der Waals surface area contributed by atoms with Crippen molar-refractivity contribution in [2.45, 2.75) is 38.1 Å². The molecule has 0 aliphatic rings. The molecular weight excluding hydrogens is 507 g/mol. The number of benzene rings is 2. The molecule has 1 aromatic heterocycles. The standard InChI is InChI=1S/C25H27ClN4O3S.ClH/c1-16-22(24(31)28-25(2,3)4)29-30(21-13-8-17(7-6-14-27)15-20(21)26)23(16)18-9-11-19(12-10-18)34(5,32)33;/h8-13,15H,14,27H2,1-5H3,(H,28,31);1H. The van der Waals surface area contributed by atoms with Crippen LogP contribution in [0.1, 0.15) is 42.4 Å². The minimum absolute atomic E-state index is 0. The first-order chi connectivity index (χ1) is 15.8. The van der Waals surface area contributed by atoms with E-state index in [0.29, 0.717) is 33.1 Å². The topological polar surface area (TPSA) is 107 Å². The Morgan fingerprint density at radius 1 is 1.17 bits per heavy atom. The van der Waals surface area contributed by atoms with E-state index >= 15 is 0 Å². The Balaban J connectivity index is 0.00000432. The fourth-order valence-electron chi connectivity index (χ4n) is 3.39. The first-order valence-corrected chi connectivity index (χ1v) is 12.8. The summed E-state index contributed by atoms with van der Waals surface area (Å²) >= 11 is 6.60. The second kappa shape index (κ2) is 10.8. The van der Waals surface area contributed by atoms with Crippen LogP contribution in [0.15, 0.2) is 47.4 Å². The van der Waals surface area contributed by atoms with Crippen molar-refractivity contribution < 1.29 is 13.2 Å². The van der Waals surface area contributed by atoms with Crippen molar-refractivity contribution in [3.05, 3.63) is 64.3 Å². The average molecular weight is 535 g/mol. The van der Waals surface area contributed by atoms with Gasteiger partial charge in [-0.05, 0) is 58.0 Å². The molecule has 3 aromatic rings. The second-order valence-electron chi connectivity index (χ2n) is 8.91. The van der Waals surface area contributed by atoms with Crippen LogP contribution in [-0.4, -0.2) is 42.4 Å². The molecule has 0 aliphatic carbocycles. The molecule has 35 heavy (non-hydrogen) atoms. The summed E-state index contributed by atoms with van der Waals surface area (Å²) in [6.45, 7) is 7.70. The van der Waals surface area contributed by atoms with Gasteiger partial charge in [0, 0.05) is 28.5 Å². The molecule has 186 valence electrons. The lowest BCUT2D eigenvalue weighted by Gasteiger charge is -2.19. The van der Waals surface area contributed by atoms with E-state index in [1.165, 1.54) is 12.1 Å². The summed E-state index contributed by atoms with van der Waals surface area (Å²) in [5, 5.41) is 7.94. The zero-order valence-electron chi connectivity index (χ0n) is 20.1. The third-order valence-electron chi connectivity index (χ3n) is 4.89. The van der Waals surface area contributed by atoms with Gasteiger partial charge < -0.3 is 11.1 Å². The third-order valence-corrected chi connectivity index (χ3v) is 6.32. The highest BCUT2D eigenvalue weighted by atomic mass is 35.5. The van der Waals surface area contributed by atoms with Gasteiger partial charge in [-0.2, -0.15) is 5.10 Å². The highest BCUT2D eigenvalue weighted by molar-refractivity contribution is 7.90. The molecule has 0 atom stereocenters. The van der Waals surface area contributed by atoms with E-state index in [1.807, 2.05) is 20.8 Å². The molecule has 10 heteroatoms. The Bertz CT molecular complexity index is 1410. The van der Waals surface area contributed by atoms with Gasteiger partial charge in [0.25, 0.3) is 5.91 Å². The number of amides is 1. The number of nitrogens with zero attached hydrogens (tertiary/aromatic N) is 2. The van der Waals surface area contributed by atoms with Crippen LogP contribution >= 0.6 is 24.0 Å². The number of rotatable bonds is 4. The Kier molecular flexibility index (Phi) is 8.79. The van der Waals surface area contributed by atoms with E-state index < -0.39 is 15.4 Å². The molecule has 1 amide bonds. The summed E-state index contributed by atoms with van der Waals surface area (Å²) in [4.78, 5) is 13.2. The molecule has 0 radical (unpaired) electrons. The van der Waals surface area contributed by atoms with Crippen LogP contribution in [0, 0.1) is 18.8 Å². The van der Waals surface area contributed by atoms with E-state index in [9.17, 15) is 13.2 Å². The number of carbonyl (C=O) groups is 1. The Morgan fingerprint density at radius 2 is 1.80 bits per heavy atom. The molecule has 0 saturated heterocycles. The highest BCUT2D eigenvalue weighted by Crippen LogP contribution is 2.32. The molecule has 0 spiro atoms. The van der Waals surface area contributed by atoms with E-state index in [2.05, 4.69) is 22.3 Å². The Morgan fingerprint density at radius 3 is 2.31 bits per heavy atom. The predicted octanol–water partition coefficient (Wildman–Crippen LogP) is 4.16. The lowest BCUT2D eigenvalue weighted by atomic mass is 10.0. The van der Waals surface area contributed by atoms with Gasteiger partial charge in [-0.1, -0.05) is 35.6 Å². The molecule has 0 bridgehead atoms. The van der Waals surface area contributed by atoms with Crippen LogP contribution in [-0.2, 0) is 9.84 Å². The lowest BCUT2D eigenvalue weighted by molar-refractivity contribution is 0.0913. The van der Waals surface area contributed by atoms with Gasteiger partial charge in [-0.3, -0.25) is 4.79 Å². The maximum atomic E-state index is 13.0. The molecule has 0 saturated carbocycles. The van der Waals surface area contributed by atoms with Gasteiger partial charge in [0.05, 0.1) is 27.8 Å². The SMILES string of the molecule is Cc1c(C(=O)NC(C)(C)C)nn(-c2ccc(C#CCN)cc2Cl)c1-c1ccc(S(C)(=O)=O)cc1.Cl. The Labute approximate surface area is 217 Å². The minimum atomic E-state index is -3.35. The Hall–Kier alpha value is -2.83. The highest BCUT2D eigenvalue weighted by Gasteiger charge is 2.25. The maximum absolute atomic E-state index is 13.0. The van der Waals surface area contributed by atoms with Crippen LogP contribution in [0.3, 0.4) is 0 Å². The molecule has 3 rings (SSSR count). The van der Waals surface area contributed by atoms with Crippen LogP contribution in [0.4, 0.5) is 0 Å². The molecule has 0 fully saturated rings. The fraction of sp³-hybridized carbons (Fsp3) is 0.280. The predicted molar refractivity (Wildman–Crippen MR) is 142 cm³/mol. The molecule has 3 N–H and O–H groups in total. The van der Waals surface area contributed by atoms with E-state index in [1.54, 1.807) is 41.9 Å². The average Bonchev–Trinajstić information content (AvgIpc) is 3.07. The monoisotopic (exact) mass is 534 g/mol. The summed E-state index contributed by atoms with van der Waals surface area (Å²) in [5.41, 5.74) is 8.46. The maximum Gasteiger partial charge on any atom is 0.272 e. The minimum Gasteiger partial charge on any atom is -0.346 e. The van der Waals surface area contributed by atoms with Crippen molar-refractivity contribution in [2.24, 2.45) is 5.73 Å². The number of halogens is 2. The van der Waals surface area contributed by atoms with Crippen molar-refractivity contribution in [3.8, 4) is 28.8 Å². The van der Waals surface area contributed by atoms with E-state index in [-0.39, 0.29) is 35.4 Å². The van der Waals surface area contributed by atoms with E-state index in [0.717, 1.165) is 6.26 Å². The molecule has 1 heterocycles. The number of hydrogen-bond acceptors (Lipinski definition) is 5. The number of carbonyl (C=O) groups excluding carboxylic acids is 1. The number of hydrogen-bond donors (Lipinski definition) is 2. The van der Waals surface area contributed by atoms with Crippen LogP contribution < -0.4 is 11.1 Å². The first kappa shape index (κ1) is 28.4. The van der Waals surface area contributed by atoms with Crippen molar-refractivity contribution >= 4 is 39.8 Å². The first-order valence-electron chi connectivity index (χ1n) is 10.5. The van der Waals surface area contributed by atoms with Gasteiger partial charge in [-0.25, -0.2) is 13.1 Å². The van der Waals surface area contributed by atoms with Crippen molar-refractivity contribution in [1.29, 1.82) is 0 Å². The number of nitrogens with one attached hydrogen (secondary N) is 1. The molecule has 7 nitrogen and oxygen atoms in total. The molecule has 0 unspecified atom stereocenters. The second-order valence-corrected chi connectivity index (χ2v) is 11.3. The van der Waals surface area contributed by atoms with Crippen LogP contribution in [0.5, 0.6) is 0 Å². The van der Waals surface area contributed by atoms with Gasteiger partial charge in [0.1, 0.15) is 0 Å². The van der Waals surface area contributed by atoms with Crippen LogP contribution in [0.25, 0.3) is 16.9 Å². The molecule has 2 aromatic carbocycles. The number of sulfone groups is 1. The summed E-state index contributed by atoms with van der Waals surface area (Å²) in [6, 6.07) is 11.7. The third kappa shape index (κ3) is 6.65. The lowest BCUT2D eigenvalue weighted by Crippen LogP contribution is -2.41. The zero-order chi connectivity index (χ0) is 25.3. The quantitative estimate of drug-likeness (QED) is 0.488. The fourth-order valence-corrected chi connectivity index (χ4v) is 4.29. The van der Waals surface area contributed by atoms with Gasteiger partial charge in [-0.15, -0.1) is 12.4 Å².